The highest BCUT2D eigenvalue weighted by Gasteiger charge is 2.16. The van der Waals surface area contributed by atoms with E-state index in [-0.39, 0.29) is 18.4 Å². The van der Waals surface area contributed by atoms with E-state index in [1.165, 1.54) is 11.3 Å². The Morgan fingerprint density at radius 3 is 2.48 bits per heavy atom. The van der Waals surface area contributed by atoms with Crippen molar-refractivity contribution in [3.05, 3.63) is 46.8 Å². The Kier molecular flexibility index (Phi) is 6.41. The minimum absolute atomic E-state index is 0.0463. The van der Waals surface area contributed by atoms with Gasteiger partial charge in [0.1, 0.15) is 4.83 Å². The van der Waals surface area contributed by atoms with Crippen molar-refractivity contribution in [1.82, 2.24) is 15.6 Å². The molecule has 0 saturated carbocycles. The molecule has 0 unspecified atom stereocenters. The van der Waals surface area contributed by atoms with Crippen LogP contribution in [-0.4, -0.2) is 36.4 Å². The van der Waals surface area contributed by atoms with Crippen molar-refractivity contribution in [3.63, 3.8) is 0 Å². The number of thiophene rings is 1. The molecule has 2 N–H and O–H groups in total. The van der Waals surface area contributed by atoms with Gasteiger partial charge in [-0.15, -0.1) is 11.3 Å². The van der Waals surface area contributed by atoms with E-state index in [1.807, 2.05) is 36.4 Å². The number of carbonyl (C=O) groups excluding carboxylic acids is 2. The lowest BCUT2D eigenvalue weighted by atomic mass is 10.2. The summed E-state index contributed by atoms with van der Waals surface area (Å²) in [5, 5.41) is 6.45. The van der Waals surface area contributed by atoms with Crippen LogP contribution in [0.15, 0.2) is 36.4 Å². The third-order valence-electron chi connectivity index (χ3n) is 4.08. The number of hydrogen-bond acceptors (Lipinski definition) is 6. The van der Waals surface area contributed by atoms with E-state index in [9.17, 15) is 9.59 Å². The molecule has 0 radical (unpaired) electrons. The van der Waals surface area contributed by atoms with Gasteiger partial charge in [0.2, 0.25) is 5.91 Å². The van der Waals surface area contributed by atoms with Crippen LogP contribution in [0.25, 0.3) is 9.53 Å². The van der Waals surface area contributed by atoms with Crippen LogP contribution in [0.4, 0.5) is 5.13 Å². The van der Waals surface area contributed by atoms with Crippen molar-refractivity contribution in [1.29, 1.82) is 0 Å². The van der Waals surface area contributed by atoms with Gasteiger partial charge in [-0.25, -0.2) is 4.98 Å². The van der Waals surface area contributed by atoms with Crippen LogP contribution in [0.5, 0.6) is 0 Å². The summed E-state index contributed by atoms with van der Waals surface area (Å²) >= 11 is 2.94. The highest BCUT2D eigenvalue weighted by molar-refractivity contribution is 7.29. The molecule has 1 aromatic carbocycles. The second-order valence-electron chi connectivity index (χ2n) is 5.89. The van der Waals surface area contributed by atoms with Gasteiger partial charge in [-0.1, -0.05) is 41.7 Å². The summed E-state index contributed by atoms with van der Waals surface area (Å²) in [6, 6.07) is 11.5. The number of aromatic nitrogens is 1. The highest BCUT2D eigenvalue weighted by Crippen LogP contribution is 2.34. The number of amides is 2. The maximum atomic E-state index is 12.3. The zero-order valence-electron chi connectivity index (χ0n) is 15.3. The number of carbonyl (C=O) groups is 2. The number of anilines is 1. The maximum absolute atomic E-state index is 12.3. The molecule has 2 amide bonds. The standard InChI is InChI=1S/C19H22N4O2S2/c1-3-23(4-2)19-22-18-15(27-19)10-14(26-18)17(25)21-12-16(24)20-11-13-8-6-5-7-9-13/h5-10H,3-4,11-12H2,1-2H3,(H,20,24)(H,21,25). The first kappa shape index (κ1) is 19.3. The minimum Gasteiger partial charge on any atom is -0.350 e. The molecule has 0 aliphatic carbocycles. The molecule has 0 saturated heterocycles. The molecular weight excluding hydrogens is 380 g/mol. The van der Waals surface area contributed by atoms with Crippen molar-refractivity contribution in [2.24, 2.45) is 0 Å². The number of benzene rings is 1. The Morgan fingerprint density at radius 2 is 1.81 bits per heavy atom. The van der Waals surface area contributed by atoms with Crippen molar-refractivity contribution < 1.29 is 9.59 Å². The molecule has 8 heteroatoms. The normalized spacial score (nSPS) is 10.7. The molecule has 0 aliphatic rings. The van der Waals surface area contributed by atoms with Crippen molar-refractivity contribution >= 4 is 49.1 Å². The van der Waals surface area contributed by atoms with E-state index >= 15 is 0 Å². The average molecular weight is 403 g/mol. The Bertz CT molecular complexity index is 885. The summed E-state index contributed by atoms with van der Waals surface area (Å²) in [4.78, 5) is 32.5. The van der Waals surface area contributed by atoms with E-state index < -0.39 is 0 Å². The molecule has 6 nitrogen and oxygen atoms in total. The van der Waals surface area contributed by atoms with E-state index in [1.54, 1.807) is 11.3 Å². The van der Waals surface area contributed by atoms with Gasteiger partial charge in [0.25, 0.3) is 5.91 Å². The molecular formula is C19H22N4O2S2. The zero-order valence-corrected chi connectivity index (χ0v) is 17.0. The summed E-state index contributed by atoms with van der Waals surface area (Å²) in [5.74, 6) is -0.461. The van der Waals surface area contributed by atoms with E-state index in [4.69, 9.17) is 0 Å². The van der Waals surface area contributed by atoms with Crippen LogP contribution in [-0.2, 0) is 11.3 Å². The minimum atomic E-state index is -0.246. The molecule has 0 atom stereocenters. The molecule has 2 heterocycles. The lowest BCUT2D eigenvalue weighted by Gasteiger charge is -2.16. The van der Waals surface area contributed by atoms with Gasteiger partial charge < -0.3 is 15.5 Å². The molecule has 2 aromatic heterocycles. The second kappa shape index (κ2) is 8.96. The lowest BCUT2D eigenvalue weighted by Crippen LogP contribution is -2.36. The lowest BCUT2D eigenvalue weighted by molar-refractivity contribution is -0.120. The van der Waals surface area contributed by atoms with Crippen molar-refractivity contribution in [3.8, 4) is 0 Å². The van der Waals surface area contributed by atoms with Crippen molar-refractivity contribution in [2.75, 3.05) is 24.5 Å². The van der Waals surface area contributed by atoms with E-state index in [0.29, 0.717) is 11.4 Å². The molecule has 3 rings (SSSR count). The molecule has 142 valence electrons. The van der Waals surface area contributed by atoms with E-state index in [2.05, 4.69) is 34.4 Å². The number of rotatable bonds is 8. The Balaban J connectivity index is 1.53. The second-order valence-corrected chi connectivity index (χ2v) is 7.93. The van der Waals surface area contributed by atoms with Crippen LogP contribution < -0.4 is 15.5 Å². The first-order chi connectivity index (χ1) is 13.1. The van der Waals surface area contributed by atoms with Crippen LogP contribution in [0, 0.1) is 0 Å². The molecule has 0 fully saturated rings. The van der Waals surface area contributed by atoms with Gasteiger partial charge >= 0.3 is 0 Å². The quantitative estimate of drug-likeness (QED) is 0.607. The Hall–Kier alpha value is -2.45. The summed E-state index contributed by atoms with van der Waals surface area (Å²) in [6.45, 7) is 6.41. The summed E-state index contributed by atoms with van der Waals surface area (Å²) < 4.78 is 1.00. The van der Waals surface area contributed by atoms with E-state index in [0.717, 1.165) is 33.3 Å². The first-order valence-electron chi connectivity index (χ1n) is 8.84. The fourth-order valence-electron chi connectivity index (χ4n) is 2.57. The number of nitrogens with zero attached hydrogens (tertiary/aromatic N) is 2. The smallest absolute Gasteiger partial charge is 0.261 e. The SMILES string of the molecule is CCN(CC)c1nc2sc(C(=O)NCC(=O)NCc3ccccc3)cc2s1. The summed E-state index contributed by atoms with van der Waals surface area (Å²) in [7, 11) is 0. The largest absolute Gasteiger partial charge is 0.350 e. The predicted octanol–water partition coefficient (Wildman–Crippen LogP) is 3.25. The third-order valence-corrected chi connectivity index (χ3v) is 6.30. The third kappa shape index (κ3) is 4.84. The topological polar surface area (TPSA) is 74.3 Å². The first-order valence-corrected chi connectivity index (χ1v) is 10.5. The fraction of sp³-hybridized carbons (Fsp3) is 0.316. The fourth-order valence-corrected chi connectivity index (χ4v) is 4.83. The van der Waals surface area contributed by atoms with Gasteiger partial charge in [-0.3, -0.25) is 9.59 Å². The van der Waals surface area contributed by atoms with Gasteiger partial charge in [-0.05, 0) is 25.5 Å². The molecule has 3 aromatic rings. The molecule has 0 spiro atoms. The zero-order chi connectivity index (χ0) is 19.2. The summed E-state index contributed by atoms with van der Waals surface area (Å²) in [5.41, 5.74) is 1.02. The number of thiazole rings is 1. The van der Waals surface area contributed by atoms with Gasteiger partial charge in [0, 0.05) is 19.6 Å². The Morgan fingerprint density at radius 1 is 1.07 bits per heavy atom. The molecule has 0 bridgehead atoms. The average Bonchev–Trinajstić information content (AvgIpc) is 3.25. The number of hydrogen-bond donors (Lipinski definition) is 2. The highest BCUT2D eigenvalue weighted by atomic mass is 32.1. The monoisotopic (exact) mass is 402 g/mol. The van der Waals surface area contributed by atoms with Gasteiger partial charge in [-0.2, -0.15) is 0 Å². The van der Waals surface area contributed by atoms with Crippen LogP contribution in [0.2, 0.25) is 0 Å². The van der Waals surface area contributed by atoms with Gasteiger partial charge in [0.05, 0.1) is 16.1 Å². The Labute approximate surface area is 166 Å². The number of nitrogens with one attached hydrogen (secondary N) is 2. The van der Waals surface area contributed by atoms with Crippen molar-refractivity contribution in [2.45, 2.75) is 20.4 Å². The summed E-state index contributed by atoms with van der Waals surface area (Å²) in [6.07, 6.45) is 0. The van der Waals surface area contributed by atoms with Crippen LogP contribution in [0.1, 0.15) is 29.1 Å². The number of fused-ring (bicyclic) bond motifs is 1. The van der Waals surface area contributed by atoms with Crippen LogP contribution >= 0.6 is 22.7 Å². The molecule has 0 aliphatic heterocycles. The van der Waals surface area contributed by atoms with Gasteiger partial charge in [0.15, 0.2) is 5.13 Å². The maximum Gasteiger partial charge on any atom is 0.261 e. The van der Waals surface area contributed by atoms with Crippen LogP contribution in [0.3, 0.4) is 0 Å². The molecule has 27 heavy (non-hydrogen) atoms. The predicted molar refractivity (Wildman–Crippen MR) is 112 cm³/mol.